The number of anilines is 2. The van der Waals surface area contributed by atoms with E-state index >= 15 is 0 Å². The molecule has 6 nitrogen and oxygen atoms in total. The second-order valence-electron chi connectivity index (χ2n) is 7.55. The van der Waals surface area contributed by atoms with Crippen LogP contribution in [0.1, 0.15) is 11.1 Å². The van der Waals surface area contributed by atoms with Gasteiger partial charge in [-0.05, 0) is 29.3 Å². The van der Waals surface area contributed by atoms with Crippen molar-refractivity contribution in [2.75, 3.05) is 50.1 Å². The molecule has 0 atom stereocenters. The number of amides is 1. The van der Waals surface area contributed by atoms with E-state index in [4.69, 9.17) is 4.74 Å². The number of hydrogen-bond donors (Lipinski definition) is 1. The summed E-state index contributed by atoms with van der Waals surface area (Å²) in [7, 11) is 1.22. The Hall–Kier alpha value is -3.42. The van der Waals surface area contributed by atoms with Crippen LogP contribution in [0.25, 0.3) is 6.08 Å². The average Bonchev–Trinajstić information content (AvgIpc) is 2.77. The molecule has 0 unspecified atom stereocenters. The Morgan fingerprint density at radius 2 is 1.77 bits per heavy atom. The number of allylic oxidation sites excluding steroid dienone is 1. The Kier molecular flexibility index (Phi) is 5.88. The minimum Gasteiger partial charge on any atom is -0.491 e. The second kappa shape index (κ2) is 8.75. The molecule has 1 amide bonds. The molecule has 2 aliphatic rings. The lowest BCUT2D eigenvalue weighted by molar-refractivity contribution is -0.129. The van der Waals surface area contributed by atoms with Gasteiger partial charge in [0.05, 0.1) is 13.7 Å². The van der Waals surface area contributed by atoms with Gasteiger partial charge in [-0.2, -0.15) is 0 Å². The highest BCUT2D eigenvalue weighted by atomic mass is 19.1. The van der Waals surface area contributed by atoms with Crippen molar-refractivity contribution in [2.24, 2.45) is 0 Å². The predicted octanol–water partition coefficient (Wildman–Crippen LogP) is 2.87. The normalized spacial score (nSPS) is 15.6. The first-order chi connectivity index (χ1) is 14.9. The highest BCUT2D eigenvalue weighted by molar-refractivity contribution is 5.98. The van der Waals surface area contributed by atoms with E-state index in [2.05, 4.69) is 5.32 Å². The first-order valence-electron chi connectivity index (χ1n) is 10.1. The topological polar surface area (TPSA) is 61.9 Å². The molecule has 1 aliphatic carbocycles. The van der Waals surface area contributed by atoms with Crippen molar-refractivity contribution in [1.29, 1.82) is 0 Å². The zero-order chi connectivity index (χ0) is 22.0. The largest absolute Gasteiger partial charge is 0.491 e. The fraction of sp³-hybridized carbons (Fsp3) is 0.304. The van der Waals surface area contributed by atoms with Gasteiger partial charge in [0.2, 0.25) is 5.91 Å². The molecule has 0 spiro atoms. The summed E-state index contributed by atoms with van der Waals surface area (Å²) in [5.41, 5.74) is 3.20. The standard InChI is InChI=1S/C23H23F2N3O3/c1-31-23-20(24)12-18(13-21(23)25)27-6-8-28(9-7-27)22(30)14-26-17-4-2-16-11-19(29)5-3-15(16)10-17/h2-5,10,12-13,26H,6-9,11,14H2,1H3. The predicted molar refractivity (Wildman–Crippen MR) is 114 cm³/mol. The number of nitrogens with one attached hydrogen (secondary N) is 1. The van der Waals surface area contributed by atoms with E-state index in [-0.39, 0.29) is 18.2 Å². The van der Waals surface area contributed by atoms with Gasteiger partial charge >= 0.3 is 0 Å². The van der Waals surface area contributed by atoms with Crippen molar-refractivity contribution < 1.29 is 23.1 Å². The third-order valence-electron chi connectivity index (χ3n) is 5.59. The van der Waals surface area contributed by atoms with Crippen LogP contribution in [-0.2, 0) is 16.0 Å². The number of rotatable bonds is 5. The number of ketones is 1. The highest BCUT2D eigenvalue weighted by Crippen LogP contribution is 2.28. The van der Waals surface area contributed by atoms with Crippen LogP contribution in [-0.4, -0.2) is 56.4 Å². The summed E-state index contributed by atoms with van der Waals surface area (Å²) in [6.07, 6.45) is 3.76. The summed E-state index contributed by atoms with van der Waals surface area (Å²) in [5, 5.41) is 3.14. The quantitative estimate of drug-likeness (QED) is 0.795. The Morgan fingerprint density at radius 1 is 1.06 bits per heavy atom. The number of carbonyl (C=O) groups is 2. The van der Waals surface area contributed by atoms with Gasteiger partial charge in [-0.1, -0.05) is 12.1 Å². The van der Waals surface area contributed by atoms with Crippen LogP contribution in [0.3, 0.4) is 0 Å². The lowest BCUT2D eigenvalue weighted by Gasteiger charge is -2.36. The van der Waals surface area contributed by atoms with Gasteiger partial charge in [0.1, 0.15) is 0 Å². The lowest BCUT2D eigenvalue weighted by atomic mass is 9.96. The summed E-state index contributed by atoms with van der Waals surface area (Å²) in [6, 6.07) is 8.19. The fourth-order valence-corrected chi connectivity index (χ4v) is 3.88. The number of fused-ring (bicyclic) bond motifs is 1. The second-order valence-corrected chi connectivity index (χ2v) is 7.55. The van der Waals surface area contributed by atoms with E-state index in [0.717, 1.165) is 16.8 Å². The Balaban J connectivity index is 1.31. The van der Waals surface area contributed by atoms with Crippen molar-refractivity contribution >= 4 is 29.1 Å². The molecule has 2 aromatic carbocycles. The van der Waals surface area contributed by atoms with E-state index in [0.29, 0.717) is 38.3 Å². The summed E-state index contributed by atoms with van der Waals surface area (Å²) in [6.45, 7) is 2.03. The molecule has 0 bridgehead atoms. The maximum Gasteiger partial charge on any atom is 0.241 e. The summed E-state index contributed by atoms with van der Waals surface area (Å²) in [4.78, 5) is 27.6. The van der Waals surface area contributed by atoms with Crippen LogP contribution >= 0.6 is 0 Å². The number of nitrogens with zero attached hydrogens (tertiary/aromatic N) is 2. The smallest absolute Gasteiger partial charge is 0.241 e. The van der Waals surface area contributed by atoms with E-state index in [1.54, 1.807) is 17.1 Å². The molecule has 31 heavy (non-hydrogen) atoms. The minimum atomic E-state index is -0.746. The van der Waals surface area contributed by atoms with Crippen LogP contribution in [0.2, 0.25) is 0 Å². The zero-order valence-corrected chi connectivity index (χ0v) is 17.2. The molecule has 1 aliphatic heterocycles. The monoisotopic (exact) mass is 427 g/mol. The molecular weight excluding hydrogens is 404 g/mol. The summed E-state index contributed by atoms with van der Waals surface area (Å²) in [5.74, 6) is -1.85. The molecule has 2 aromatic rings. The SMILES string of the molecule is COc1c(F)cc(N2CCN(C(=O)CNc3ccc4c(c3)C=CC(=O)C4)CC2)cc1F. The van der Waals surface area contributed by atoms with Crippen molar-refractivity contribution in [2.45, 2.75) is 6.42 Å². The maximum absolute atomic E-state index is 14.0. The molecule has 0 saturated carbocycles. The number of piperazine rings is 1. The Morgan fingerprint density at radius 3 is 2.45 bits per heavy atom. The highest BCUT2D eigenvalue weighted by Gasteiger charge is 2.23. The minimum absolute atomic E-state index is 0.0461. The zero-order valence-electron chi connectivity index (χ0n) is 17.2. The Labute approximate surface area is 179 Å². The van der Waals surface area contributed by atoms with Gasteiger partial charge in [0.15, 0.2) is 23.2 Å². The van der Waals surface area contributed by atoms with Crippen molar-refractivity contribution in [3.63, 3.8) is 0 Å². The van der Waals surface area contributed by atoms with Crippen LogP contribution < -0.4 is 15.0 Å². The van der Waals surface area contributed by atoms with Crippen LogP contribution in [0.15, 0.2) is 36.4 Å². The molecule has 1 N–H and O–H groups in total. The first-order valence-corrected chi connectivity index (χ1v) is 10.1. The summed E-state index contributed by atoms with van der Waals surface area (Å²) >= 11 is 0. The molecule has 4 rings (SSSR count). The Bertz CT molecular complexity index is 1020. The van der Waals surface area contributed by atoms with E-state index in [9.17, 15) is 18.4 Å². The van der Waals surface area contributed by atoms with E-state index in [1.165, 1.54) is 19.2 Å². The van der Waals surface area contributed by atoms with Gasteiger partial charge in [-0.3, -0.25) is 9.59 Å². The molecule has 1 fully saturated rings. The third-order valence-corrected chi connectivity index (χ3v) is 5.59. The van der Waals surface area contributed by atoms with Crippen LogP contribution in [0.5, 0.6) is 5.75 Å². The van der Waals surface area contributed by atoms with Crippen LogP contribution in [0.4, 0.5) is 20.2 Å². The third kappa shape index (κ3) is 4.52. The van der Waals surface area contributed by atoms with E-state index in [1.807, 2.05) is 23.1 Å². The molecule has 0 aromatic heterocycles. The van der Waals surface area contributed by atoms with Crippen molar-refractivity contribution in [1.82, 2.24) is 4.90 Å². The van der Waals surface area contributed by atoms with E-state index < -0.39 is 17.4 Å². The van der Waals surface area contributed by atoms with Crippen molar-refractivity contribution in [3.8, 4) is 5.75 Å². The van der Waals surface area contributed by atoms with Gasteiger partial charge < -0.3 is 19.9 Å². The lowest BCUT2D eigenvalue weighted by Crippen LogP contribution is -2.50. The first kappa shape index (κ1) is 20.8. The van der Waals surface area contributed by atoms with Gasteiger partial charge in [-0.25, -0.2) is 8.78 Å². The fourth-order valence-electron chi connectivity index (χ4n) is 3.88. The van der Waals surface area contributed by atoms with Crippen molar-refractivity contribution in [3.05, 3.63) is 59.2 Å². The number of halogens is 2. The summed E-state index contributed by atoms with van der Waals surface area (Å²) < 4.78 is 32.7. The number of benzene rings is 2. The molecule has 1 saturated heterocycles. The molecular formula is C23H23F2N3O3. The van der Waals surface area contributed by atoms with Crippen LogP contribution in [0, 0.1) is 11.6 Å². The number of ether oxygens (including phenoxy) is 1. The maximum atomic E-state index is 14.0. The molecule has 1 heterocycles. The average molecular weight is 427 g/mol. The molecule has 0 radical (unpaired) electrons. The van der Waals surface area contributed by atoms with Gasteiger partial charge in [0, 0.05) is 56.1 Å². The number of hydrogen-bond acceptors (Lipinski definition) is 5. The van der Waals surface area contributed by atoms with Gasteiger partial charge in [0.25, 0.3) is 0 Å². The molecule has 162 valence electrons. The number of methoxy groups -OCH3 is 1. The number of carbonyl (C=O) groups excluding carboxylic acids is 2. The molecule has 8 heteroatoms. The van der Waals surface area contributed by atoms with Gasteiger partial charge in [-0.15, -0.1) is 0 Å².